The summed E-state index contributed by atoms with van der Waals surface area (Å²) in [5, 5.41) is 14.4. The highest BCUT2D eigenvalue weighted by molar-refractivity contribution is 6.19. The number of nitrogens with one attached hydrogen (secondary N) is 2. The quantitative estimate of drug-likeness (QED) is 0.448. The Kier molecular flexibility index (Phi) is 5.88. The molecule has 9 nitrogen and oxygen atoms in total. The predicted octanol–water partition coefficient (Wildman–Crippen LogP) is 3.80. The Balaban J connectivity index is 1.32. The molecule has 0 spiro atoms. The Labute approximate surface area is 207 Å². The second-order valence-electron chi connectivity index (χ2n) is 8.45. The first kappa shape index (κ1) is 22.0. The van der Waals surface area contributed by atoms with Gasteiger partial charge in [0, 0.05) is 29.9 Å². The molecule has 0 aliphatic carbocycles. The number of hydrogen-bond donors (Lipinski definition) is 2. The van der Waals surface area contributed by atoms with Crippen LogP contribution >= 0.6 is 0 Å². The minimum atomic E-state index is -0.963. The van der Waals surface area contributed by atoms with Gasteiger partial charge in [0.05, 0.1) is 30.2 Å². The summed E-state index contributed by atoms with van der Waals surface area (Å²) in [4.78, 5) is 20.1. The number of carbonyl (C=O) groups excluding carboxylic acids is 1. The molecule has 180 valence electrons. The summed E-state index contributed by atoms with van der Waals surface area (Å²) < 4.78 is 11.5. The lowest BCUT2D eigenvalue weighted by Crippen LogP contribution is -2.36. The average Bonchev–Trinajstić information content (AvgIpc) is 3.35. The third-order valence-corrected chi connectivity index (χ3v) is 6.17. The molecule has 0 radical (unpaired) electrons. The van der Waals surface area contributed by atoms with Gasteiger partial charge in [-0.15, -0.1) is 5.10 Å². The van der Waals surface area contributed by atoms with E-state index in [4.69, 9.17) is 14.1 Å². The molecule has 1 fully saturated rings. The van der Waals surface area contributed by atoms with Crippen molar-refractivity contribution in [3.05, 3.63) is 90.0 Å². The number of amides is 1. The summed E-state index contributed by atoms with van der Waals surface area (Å²) in [5.41, 5.74) is 4.96. The molecule has 0 unspecified atom stereocenters. The summed E-state index contributed by atoms with van der Waals surface area (Å²) in [7, 11) is 0. The zero-order chi connectivity index (χ0) is 24.3. The minimum absolute atomic E-state index is 0.115. The van der Waals surface area contributed by atoms with Crippen molar-refractivity contribution in [3.63, 3.8) is 0 Å². The molecular weight excluding hydrogens is 456 g/mol. The van der Waals surface area contributed by atoms with Gasteiger partial charge in [0.25, 0.3) is 11.8 Å². The van der Waals surface area contributed by atoms with Crippen molar-refractivity contribution in [2.75, 3.05) is 41.8 Å². The summed E-state index contributed by atoms with van der Waals surface area (Å²) in [6.45, 7) is 2.92. The van der Waals surface area contributed by atoms with Gasteiger partial charge in [0.1, 0.15) is 0 Å². The maximum atomic E-state index is 13.1. The SMILES string of the molecule is O=C1Nc2ccccc2C(c2ccccc2)=N[C@H]1Nc1nnc(-c2ccccc2N2CCOCC2)o1. The van der Waals surface area contributed by atoms with E-state index in [0.29, 0.717) is 30.5 Å². The van der Waals surface area contributed by atoms with Gasteiger partial charge in [-0.05, 0) is 18.2 Å². The molecule has 1 amide bonds. The molecular formula is C27H24N6O3. The number of para-hydroxylation sites is 2. The fourth-order valence-corrected chi connectivity index (χ4v) is 4.42. The Hall–Kier alpha value is -4.50. The van der Waals surface area contributed by atoms with Gasteiger partial charge in [0.15, 0.2) is 0 Å². The van der Waals surface area contributed by atoms with E-state index >= 15 is 0 Å². The summed E-state index contributed by atoms with van der Waals surface area (Å²) in [6, 6.07) is 25.4. The summed E-state index contributed by atoms with van der Waals surface area (Å²) in [5.74, 6) is 0.0472. The Bertz CT molecular complexity index is 1410. The number of fused-ring (bicyclic) bond motifs is 1. The monoisotopic (exact) mass is 480 g/mol. The highest BCUT2D eigenvalue weighted by Crippen LogP contribution is 2.31. The number of carbonyl (C=O) groups is 1. The first-order valence-electron chi connectivity index (χ1n) is 11.8. The first-order valence-corrected chi connectivity index (χ1v) is 11.8. The molecule has 4 aromatic rings. The van der Waals surface area contributed by atoms with Crippen LogP contribution in [-0.2, 0) is 9.53 Å². The van der Waals surface area contributed by atoms with Crippen LogP contribution < -0.4 is 15.5 Å². The maximum Gasteiger partial charge on any atom is 0.317 e. The van der Waals surface area contributed by atoms with E-state index in [9.17, 15) is 4.79 Å². The van der Waals surface area contributed by atoms with Crippen LogP contribution in [0.4, 0.5) is 17.4 Å². The fourth-order valence-electron chi connectivity index (χ4n) is 4.42. The van der Waals surface area contributed by atoms with E-state index in [1.54, 1.807) is 0 Å². The van der Waals surface area contributed by atoms with E-state index in [0.717, 1.165) is 35.5 Å². The van der Waals surface area contributed by atoms with Crippen LogP contribution in [0.1, 0.15) is 11.1 Å². The smallest absolute Gasteiger partial charge is 0.317 e. The Morgan fingerprint density at radius 1 is 0.861 bits per heavy atom. The average molecular weight is 481 g/mol. The van der Waals surface area contributed by atoms with Gasteiger partial charge in [-0.3, -0.25) is 4.79 Å². The van der Waals surface area contributed by atoms with Gasteiger partial charge >= 0.3 is 6.01 Å². The molecule has 2 aliphatic rings. The highest BCUT2D eigenvalue weighted by atomic mass is 16.5. The molecule has 6 rings (SSSR count). The third-order valence-electron chi connectivity index (χ3n) is 6.17. The Morgan fingerprint density at radius 3 is 2.42 bits per heavy atom. The van der Waals surface area contributed by atoms with Crippen molar-refractivity contribution in [3.8, 4) is 11.5 Å². The number of benzene rings is 3. The van der Waals surface area contributed by atoms with Crippen molar-refractivity contribution < 1.29 is 13.9 Å². The van der Waals surface area contributed by atoms with E-state index in [1.165, 1.54) is 0 Å². The van der Waals surface area contributed by atoms with Crippen LogP contribution in [0.15, 0.2) is 88.3 Å². The number of rotatable bonds is 5. The molecule has 9 heteroatoms. The summed E-state index contributed by atoms with van der Waals surface area (Å²) >= 11 is 0. The first-order chi connectivity index (χ1) is 17.8. The number of benzodiazepines with no additional fused rings is 1. The van der Waals surface area contributed by atoms with Crippen LogP contribution in [-0.4, -0.2) is 54.3 Å². The molecule has 2 aliphatic heterocycles. The van der Waals surface area contributed by atoms with E-state index < -0.39 is 6.17 Å². The number of nitrogens with zero attached hydrogens (tertiary/aromatic N) is 4. The van der Waals surface area contributed by atoms with Gasteiger partial charge < -0.3 is 24.7 Å². The summed E-state index contributed by atoms with van der Waals surface area (Å²) in [6.07, 6.45) is -0.963. The van der Waals surface area contributed by atoms with E-state index in [-0.39, 0.29) is 11.9 Å². The zero-order valence-electron chi connectivity index (χ0n) is 19.4. The number of ether oxygens (including phenoxy) is 1. The number of aromatic nitrogens is 2. The maximum absolute atomic E-state index is 13.1. The second kappa shape index (κ2) is 9.63. The van der Waals surface area contributed by atoms with E-state index in [2.05, 4.69) is 25.7 Å². The standard InChI is InChI=1S/C27H24N6O3/c34-25-24(29-23(18-8-2-1-3-9-18)19-10-4-6-12-21(19)28-25)30-27-32-31-26(36-27)20-11-5-7-13-22(20)33-14-16-35-17-15-33/h1-13,24H,14-17H2,(H,28,34)(H,30,32)/t24-/m0/s1. The fraction of sp³-hybridized carbons (Fsp3) is 0.185. The van der Waals surface area contributed by atoms with Crippen molar-refractivity contribution >= 4 is 29.0 Å². The highest BCUT2D eigenvalue weighted by Gasteiger charge is 2.27. The number of aliphatic imine (C=N–C) groups is 1. The van der Waals surface area contributed by atoms with Gasteiger partial charge in [-0.25, -0.2) is 4.99 Å². The van der Waals surface area contributed by atoms with Gasteiger partial charge in [-0.1, -0.05) is 65.8 Å². The number of morpholine rings is 1. The van der Waals surface area contributed by atoms with Crippen LogP contribution in [0, 0.1) is 0 Å². The third kappa shape index (κ3) is 4.32. The predicted molar refractivity (Wildman–Crippen MR) is 137 cm³/mol. The van der Waals surface area contributed by atoms with Crippen LogP contribution in [0.2, 0.25) is 0 Å². The lowest BCUT2D eigenvalue weighted by molar-refractivity contribution is -0.116. The Morgan fingerprint density at radius 2 is 1.58 bits per heavy atom. The van der Waals surface area contributed by atoms with Gasteiger partial charge in [0.2, 0.25) is 6.17 Å². The zero-order valence-corrected chi connectivity index (χ0v) is 19.4. The minimum Gasteiger partial charge on any atom is -0.403 e. The molecule has 3 aromatic carbocycles. The lowest BCUT2D eigenvalue weighted by Gasteiger charge is -2.29. The molecule has 1 atom stereocenters. The topological polar surface area (TPSA) is 105 Å². The van der Waals surface area contributed by atoms with Crippen LogP contribution in [0.5, 0.6) is 0 Å². The second-order valence-corrected chi connectivity index (χ2v) is 8.45. The number of anilines is 3. The largest absolute Gasteiger partial charge is 0.403 e. The van der Waals surface area contributed by atoms with Crippen molar-refractivity contribution in [1.29, 1.82) is 0 Å². The van der Waals surface area contributed by atoms with Crippen LogP contribution in [0.25, 0.3) is 11.5 Å². The van der Waals surface area contributed by atoms with Crippen molar-refractivity contribution in [2.24, 2.45) is 4.99 Å². The molecule has 1 aromatic heterocycles. The molecule has 1 saturated heterocycles. The molecule has 0 bridgehead atoms. The van der Waals surface area contributed by atoms with Crippen LogP contribution in [0.3, 0.4) is 0 Å². The molecule has 2 N–H and O–H groups in total. The van der Waals surface area contributed by atoms with Crippen molar-refractivity contribution in [1.82, 2.24) is 10.2 Å². The van der Waals surface area contributed by atoms with E-state index in [1.807, 2.05) is 78.9 Å². The van der Waals surface area contributed by atoms with Crippen molar-refractivity contribution in [2.45, 2.75) is 6.17 Å². The molecule has 0 saturated carbocycles. The molecule has 36 heavy (non-hydrogen) atoms. The number of hydrogen-bond acceptors (Lipinski definition) is 8. The molecule has 3 heterocycles. The lowest BCUT2D eigenvalue weighted by atomic mass is 10.0. The van der Waals surface area contributed by atoms with Gasteiger partial charge in [-0.2, -0.15) is 0 Å². The normalized spacial score (nSPS) is 17.6.